The van der Waals surface area contributed by atoms with E-state index < -0.39 is 0 Å². The number of halogens is 1. The second-order valence-electron chi connectivity index (χ2n) is 6.53. The van der Waals surface area contributed by atoms with Gasteiger partial charge in [-0.3, -0.25) is 0 Å². The van der Waals surface area contributed by atoms with Crippen molar-refractivity contribution in [2.45, 2.75) is 6.42 Å². The molecule has 0 unspecified atom stereocenters. The van der Waals surface area contributed by atoms with E-state index in [2.05, 4.69) is 43.7 Å². The van der Waals surface area contributed by atoms with Crippen LogP contribution in [0.2, 0.25) is 0 Å². The molecule has 0 radical (unpaired) electrons. The summed E-state index contributed by atoms with van der Waals surface area (Å²) in [4.78, 5) is 12.0. The van der Waals surface area contributed by atoms with Crippen LogP contribution >= 0.6 is 0 Å². The minimum atomic E-state index is -0.283. The van der Waals surface area contributed by atoms with E-state index in [9.17, 15) is 4.39 Å². The number of H-pyrrole nitrogens is 1. The van der Waals surface area contributed by atoms with Crippen molar-refractivity contribution in [1.29, 1.82) is 0 Å². The molecule has 2 aromatic carbocycles. The highest BCUT2D eigenvalue weighted by Gasteiger charge is 2.11. The van der Waals surface area contributed by atoms with Crippen LogP contribution in [0.1, 0.15) is 5.56 Å². The van der Waals surface area contributed by atoms with Gasteiger partial charge in [0.1, 0.15) is 18.0 Å². The molecule has 3 heterocycles. The van der Waals surface area contributed by atoms with Crippen molar-refractivity contribution in [3.05, 3.63) is 78.6 Å². The van der Waals surface area contributed by atoms with Crippen LogP contribution in [-0.4, -0.2) is 31.3 Å². The van der Waals surface area contributed by atoms with Crippen molar-refractivity contribution in [3.8, 4) is 5.69 Å². The van der Waals surface area contributed by atoms with Crippen molar-refractivity contribution in [2.75, 3.05) is 11.9 Å². The van der Waals surface area contributed by atoms with Gasteiger partial charge in [-0.15, -0.1) is 0 Å². The lowest BCUT2D eigenvalue weighted by atomic mass is 10.1. The second kappa shape index (κ2) is 6.77. The van der Waals surface area contributed by atoms with Gasteiger partial charge < -0.3 is 10.3 Å². The minimum Gasteiger partial charge on any atom is -0.369 e. The summed E-state index contributed by atoms with van der Waals surface area (Å²) in [6, 6.07) is 14.4. The van der Waals surface area contributed by atoms with Gasteiger partial charge in [-0.2, -0.15) is 5.10 Å². The summed E-state index contributed by atoms with van der Waals surface area (Å²) in [7, 11) is 0. The van der Waals surface area contributed by atoms with Gasteiger partial charge in [0.05, 0.1) is 17.3 Å². The van der Waals surface area contributed by atoms with E-state index in [4.69, 9.17) is 0 Å². The maximum absolute atomic E-state index is 13.2. The molecular formula is C21H17FN6. The van der Waals surface area contributed by atoms with Crippen molar-refractivity contribution in [1.82, 2.24) is 24.7 Å². The van der Waals surface area contributed by atoms with Crippen LogP contribution in [0, 0.1) is 5.82 Å². The van der Waals surface area contributed by atoms with Gasteiger partial charge in [-0.25, -0.2) is 19.0 Å². The van der Waals surface area contributed by atoms with E-state index in [-0.39, 0.29) is 5.82 Å². The zero-order valence-corrected chi connectivity index (χ0v) is 14.9. The number of aromatic nitrogens is 5. The lowest BCUT2D eigenvalue weighted by molar-refractivity contribution is 0.627. The average molecular weight is 372 g/mol. The third-order valence-electron chi connectivity index (χ3n) is 4.80. The second-order valence-corrected chi connectivity index (χ2v) is 6.53. The smallest absolute Gasteiger partial charge is 0.168 e. The summed E-state index contributed by atoms with van der Waals surface area (Å²) in [5.41, 5.74) is 3.83. The quantitative estimate of drug-likeness (QED) is 0.487. The topological polar surface area (TPSA) is 71.4 Å². The Morgan fingerprint density at radius 2 is 1.86 bits per heavy atom. The molecule has 0 amide bonds. The van der Waals surface area contributed by atoms with Crippen LogP contribution in [0.5, 0.6) is 0 Å². The summed E-state index contributed by atoms with van der Waals surface area (Å²) >= 11 is 0. The highest BCUT2D eigenvalue weighted by molar-refractivity contribution is 5.87. The van der Waals surface area contributed by atoms with Crippen molar-refractivity contribution in [2.24, 2.45) is 0 Å². The molecule has 0 aliphatic rings. The van der Waals surface area contributed by atoms with Crippen LogP contribution in [0.25, 0.3) is 27.6 Å². The van der Waals surface area contributed by atoms with E-state index in [0.29, 0.717) is 5.65 Å². The number of nitrogens with one attached hydrogen (secondary N) is 2. The molecule has 5 rings (SSSR count). The Bertz CT molecular complexity index is 1260. The molecule has 0 atom stereocenters. The first-order valence-electron chi connectivity index (χ1n) is 9.03. The van der Waals surface area contributed by atoms with Crippen LogP contribution in [-0.2, 0) is 6.42 Å². The Morgan fingerprint density at radius 1 is 1.00 bits per heavy atom. The van der Waals surface area contributed by atoms with Crippen LogP contribution in [0.4, 0.5) is 10.2 Å². The van der Waals surface area contributed by atoms with Gasteiger partial charge >= 0.3 is 0 Å². The third-order valence-corrected chi connectivity index (χ3v) is 4.80. The van der Waals surface area contributed by atoms with Gasteiger partial charge in [0.2, 0.25) is 0 Å². The highest BCUT2D eigenvalue weighted by atomic mass is 19.1. The standard InChI is InChI=1S/C21H17FN6/c22-15-5-7-16(8-6-15)28-21-18(12-27-28)20(25-13-26-21)23-10-9-14-11-24-19-4-2-1-3-17(14)19/h1-8,11-13,24H,9-10H2,(H,23,25,26). The fraction of sp³-hybridized carbons (Fsp3) is 0.0952. The van der Waals surface area contributed by atoms with E-state index in [1.54, 1.807) is 23.0 Å². The zero-order chi connectivity index (χ0) is 18.9. The SMILES string of the molecule is Fc1ccc(-n2ncc3c(NCCc4c[nH]c5ccccc45)ncnc32)cc1. The van der Waals surface area contributed by atoms with Crippen molar-refractivity contribution in [3.63, 3.8) is 0 Å². The normalized spacial score (nSPS) is 11.3. The maximum atomic E-state index is 13.2. The van der Waals surface area contributed by atoms with E-state index in [1.807, 2.05) is 12.1 Å². The van der Waals surface area contributed by atoms with Gasteiger partial charge in [0.25, 0.3) is 0 Å². The Balaban J connectivity index is 1.38. The lowest BCUT2D eigenvalue weighted by Gasteiger charge is -2.07. The number of para-hydroxylation sites is 1. The number of rotatable bonds is 5. The number of hydrogen-bond acceptors (Lipinski definition) is 4. The van der Waals surface area contributed by atoms with Crippen LogP contribution in [0.3, 0.4) is 0 Å². The Hall–Kier alpha value is -3.74. The maximum Gasteiger partial charge on any atom is 0.168 e. The number of hydrogen-bond donors (Lipinski definition) is 2. The first-order valence-corrected chi connectivity index (χ1v) is 9.03. The van der Waals surface area contributed by atoms with Crippen LogP contribution in [0.15, 0.2) is 67.3 Å². The average Bonchev–Trinajstić information content (AvgIpc) is 3.34. The summed E-state index contributed by atoms with van der Waals surface area (Å²) in [5, 5.41) is 9.85. The van der Waals surface area contributed by atoms with Gasteiger partial charge in [0, 0.05) is 23.6 Å². The van der Waals surface area contributed by atoms with E-state index in [0.717, 1.165) is 35.4 Å². The molecule has 0 saturated carbocycles. The molecule has 0 bridgehead atoms. The van der Waals surface area contributed by atoms with E-state index in [1.165, 1.54) is 29.4 Å². The molecule has 0 aliphatic carbocycles. The minimum absolute atomic E-state index is 0.283. The molecule has 7 heteroatoms. The van der Waals surface area contributed by atoms with Gasteiger partial charge in [-0.1, -0.05) is 18.2 Å². The number of nitrogens with zero attached hydrogens (tertiary/aromatic N) is 4. The predicted molar refractivity (Wildman–Crippen MR) is 107 cm³/mol. The molecule has 0 saturated heterocycles. The van der Waals surface area contributed by atoms with Gasteiger partial charge in [0.15, 0.2) is 5.65 Å². The number of anilines is 1. The largest absolute Gasteiger partial charge is 0.369 e. The summed E-state index contributed by atoms with van der Waals surface area (Å²) < 4.78 is 14.9. The first kappa shape index (κ1) is 16.4. The molecule has 28 heavy (non-hydrogen) atoms. The molecule has 5 aromatic rings. The molecule has 3 aromatic heterocycles. The van der Waals surface area contributed by atoms with Crippen molar-refractivity contribution < 1.29 is 4.39 Å². The Morgan fingerprint density at radius 3 is 2.75 bits per heavy atom. The van der Waals surface area contributed by atoms with Gasteiger partial charge in [-0.05, 0) is 42.3 Å². The zero-order valence-electron chi connectivity index (χ0n) is 14.9. The lowest BCUT2D eigenvalue weighted by Crippen LogP contribution is -2.07. The van der Waals surface area contributed by atoms with E-state index >= 15 is 0 Å². The highest BCUT2D eigenvalue weighted by Crippen LogP contribution is 2.22. The summed E-state index contributed by atoms with van der Waals surface area (Å²) in [5.74, 6) is 0.452. The third kappa shape index (κ3) is 2.87. The molecule has 6 nitrogen and oxygen atoms in total. The summed E-state index contributed by atoms with van der Waals surface area (Å²) in [6.45, 7) is 0.732. The van der Waals surface area contributed by atoms with Crippen LogP contribution < -0.4 is 5.32 Å². The Kier molecular flexibility index (Phi) is 3.97. The predicted octanol–water partition coefficient (Wildman–Crippen LogP) is 4.09. The monoisotopic (exact) mass is 372 g/mol. The molecule has 0 aliphatic heterocycles. The molecule has 2 N–H and O–H groups in total. The Labute approximate surface area is 160 Å². The molecular weight excluding hydrogens is 355 g/mol. The van der Waals surface area contributed by atoms with Crippen molar-refractivity contribution >= 4 is 27.8 Å². The molecule has 0 fully saturated rings. The fourth-order valence-corrected chi connectivity index (χ4v) is 3.41. The number of benzene rings is 2. The molecule has 0 spiro atoms. The molecule has 138 valence electrons. The fourth-order valence-electron chi connectivity index (χ4n) is 3.41. The first-order chi connectivity index (χ1) is 13.8. The number of fused-ring (bicyclic) bond motifs is 2. The summed E-state index contributed by atoms with van der Waals surface area (Å²) in [6.07, 6.45) is 6.15. The number of aromatic amines is 1.